The Morgan fingerprint density at radius 2 is 2.06 bits per heavy atom. The molecule has 0 heterocycles. The SMILES string of the molecule is CCC(C)NC(C)C(O)c1cccc(OC)c1. The van der Waals surface area contributed by atoms with E-state index in [-0.39, 0.29) is 6.04 Å². The fourth-order valence-corrected chi connectivity index (χ4v) is 1.77. The van der Waals surface area contributed by atoms with Crippen LogP contribution in [0.25, 0.3) is 0 Å². The first-order valence-corrected chi connectivity index (χ1v) is 6.16. The zero-order valence-electron chi connectivity index (χ0n) is 11.1. The van der Waals surface area contributed by atoms with Gasteiger partial charge >= 0.3 is 0 Å². The molecule has 0 saturated carbocycles. The van der Waals surface area contributed by atoms with E-state index in [1.54, 1.807) is 7.11 Å². The Labute approximate surface area is 104 Å². The first-order chi connectivity index (χ1) is 8.08. The van der Waals surface area contributed by atoms with Gasteiger partial charge in [-0.1, -0.05) is 19.1 Å². The molecular formula is C14H23NO2. The van der Waals surface area contributed by atoms with E-state index in [0.29, 0.717) is 6.04 Å². The summed E-state index contributed by atoms with van der Waals surface area (Å²) in [4.78, 5) is 0. The summed E-state index contributed by atoms with van der Waals surface area (Å²) < 4.78 is 5.16. The molecule has 1 rings (SSSR count). The van der Waals surface area contributed by atoms with Crippen molar-refractivity contribution in [2.24, 2.45) is 0 Å². The van der Waals surface area contributed by atoms with Crippen LogP contribution in [0, 0.1) is 0 Å². The predicted octanol–water partition coefficient (Wildman–Crippen LogP) is 2.51. The molecule has 3 atom stereocenters. The number of methoxy groups -OCH3 is 1. The molecule has 0 radical (unpaired) electrons. The van der Waals surface area contributed by atoms with Gasteiger partial charge in [0.15, 0.2) is 0 Å². The summed E-state index contributed by atoms with van der Waals surface area (Å²) in [5.74, 6) is 0.775. The lowest BCUT2D eigenvalue weighted by molar-refractivity contribution is 0.130. The van der Waals surface area contributed by atoms with Crippen molar-refractivity contribution in [3.05, 3.63) is 29.8 Å². The fourth-order valence-electron chi connectivity index (χ4n) is 1.77. The molecule has 0 aliphatic heterocycles. The van der Waals surface area contributed by atoms with Crippen molar-refractivity contribution in [3.8, 4) is 5.75 Å². The molecule has 3 nitrogen and oxygen atoms in total. The topological polar surface area (TPSA) is 41.5 Å². The zero-order chi connectivity index (χ0) is 12.8. The van der Waals surface area contributed by atoms with Crippen LogP contribution in [-0.4, -0.2) is 24.3 Å². The van der Waals surface area contributed by atoms with Crippen LogP contribution < -0.4 is 10.1 Å². The van der Waals surface area contributed by atoms with E-state index in [9.17, 15) is 5.11 Å². The lowest BCUT2D eigenvalue weighted by Gasteiger charge is -2.24. The average molecular weight is 237 g/mol. The lowest BCUT2D eigenvalue weighted by atomic mass is 10.0. The van der Waals surface area contributed by atoms with Crippen molar-refractivity contribution in [1.29, 1.82) is 0 Å². The molecule has 0 aromatic heterocycles. The van der Waals surface area contributed by atoms with E-state index in [2.05, 4.69) is 19.2 Å². The highest BCUT2D eigenvalue weighted by Crippen LogP contribution is 2.21. The molecule has 1 aromatic rings. The summed E-state index contributed by atoms with van der Waals surface area (Å²) in [5, 5.41) is 13.6. The second kappa shape index (κ2) is 6.62. The van der Waals surface area contributed by atoms with Crippen molar-refractivity contribution in [2.75, 3.05) is 7.11 Å². The minimum atomic E-state index is -0.515. The number of hydrogen-bond donors (Lipinski definition) is 2. The summed E-state index contributed by atoms with van der Waals surface area (Å²) >= 11 is 0. The van der Waals surface area contributed by atoms with E-state index < -0.39 is 6.10 Å². The number of hydrogen-bond acceptors (Lipinski definition) is 3. The maximum atomic E-state index is 10.2. The molecule has 0 amide bonds. The minimum Gasteiger partial charge on any atom is -0.497 e. The van der Waals surface area contributed by atoms with Crippen molar-refractivity contribution < 1.29 is 9.84 Å². The van der Waals surface area contributed by atoms with E-state index in [1.165, 1.54) is 0 Å². The first kappa shape index (κ1) is 14.0. The van der Waals surface area contributed by atoms with Gasteiger partial charge in [0.2, 0.25) is 0 Å². The molecular weight excluding hydrogens is 214 g/mol. The first-order valence-electron chi connectivity index (χ1n) is 6.16. The number of ether oxygens (including phenoxy) is 1. The van der Waals surface area contributed by atoms with Gasteiger partial charge in [-0.2, -0.15) is 0 Å². The van der Waals surface area contributed by atoms with Gasteiger partial charge in [0.05, 0.1) is 13.2 Å². The molecule has 3 heteroatoms. The van der Waals surface area contributed by atoms with E-state index in [4.69, 9.17) is 4.74 Å². The molecule has 0 aliphatic rings. The highest BCUT2D eigenvalue weighted by molar-refractivity contribution is 5.30. The largest absolute Gasteiger partial charge is 0.497 e. The molecule has 17 heavy (non-hydrogen) atoms. The standard InChI is InChI=1S/C14H23NO2/c1-5-10(2)15-11(3)14(16)12-7-6-8-13(9-12)17-4/h6-11,14-16H,5H2,1-4H3. The maximum Gasteiger partial charge on any atom is 0.119 e. The molecule has 3 unspecified atom stereocenters. The molecule has 96 valence electrons. The Morgan fingerprint density at radius 3 is 2.65 bits per heavy atom. The van der Waals surface area contributed by atoms with Crippen LogP contribution in [0.15, 0.2) is 24.3 Å². The highest BCUT2D eigenvalue weighted by atomic mass is 16.5. The summed E-state index contributed by atoms with van der Waals surface area (Å²) in [5.41, 5.74) is 0.882. The molecule has 2 N–H and O–H groups in total. The van der Waals surface area contributed by atoms with Crippen LogP contribution in [-0.2, 0) is 0 Å². The van der Waals surface area contributed by atoms with Gasteiger partial charge in [-0.05, 0) is 38.0 Å². The van der Waals surface area contributed by atoms with Gasteiger partial charge in [0.1, 0.15) is 5.75 Å². The Bertz CT molecular complexity index is 341. The summed E-state index contributed by atoms with van der Waals surface area (Å²) in [7, 11) is 1.63. The smallest absolute Gasteiger partial charge is 0.119 e. The summed E-state index contributed by atoms with van der Waals surface area (Å²) in [6, 6.07) is 8.00. The number of aliphatic hydroxyl groups is 1. The normalized spacial score (nSPS) is 16.3. The fraction of sp³-hybridized carbons (Fsp3) is 0.571. The molecule has 1 aromatic carbocycles. The van der Waals surface area contributed by atoms with Crippen LogP contribution in [0.3, 0.4) is 0 Å². The number of benzene rings is 1. The molecule has 0 spiro atoms. The van der Waals surface area contributed by atoms with Gasteiger partial charge in [-0.15, -0.1) is 0 Å². The predicted molar refractivity (Wildman–Crippen MR) is 70.3 cm³/mol. The lowest BCUT2D eigenvalue weighted by Crippen LogP contribution is -2.38. The third-order valence-corrected chi connectivity index (χ3v) is 3.07. The average Bonchev–Trinajstić information content (AvgIpc) is 2.37. The van der Waals surface area contributed by atoms with Gasteiger partial charge in [0, 0.05) is 12.1 Å². The Morgan fingerprint density at radius 1 is 1.35 bits per heavy atom. The Kier molecular flexibility index (Phi) is 5.45. The van der Waals surface area contributed by atoms with Crippen LogP contribution in [0.2, 0.25) is 0 Å². The Hall–Kier alpha value is -1.06. The van der Waals surface area contributed by atoms with Crippen LogP contribution in [0.4, 0.5) is 0 Å². The van der Waals surface area contributed by atoms with Crippen LogP contribution in [0.5, 0.6) is 5.75 Å². The van der Waals surface area contributed by atoms with E-state index in [0.717, 1.165) is 17.7 Å². The quantitative estimate of drug-likeness (QED) is 0.798. The third kappa shape index (κ3) is 4.02. The van der Waals surface area contributed by atoms with Crippen LogP contribution >= 0.6 is 0 Å². The Balaban J connectivity index is 2.70. The number of aliphatic hydroxyl groups excluding tert-OH is 1. The molecule has 0 bridgehead atoms. The van der Waals surface area contributed by atoms with Crippen molar-refractivity contribution in [2.45, 2.75) is 45.4 Å². The minimum absolute atomic E-state index is 0.0251. The van der Waals surface area contributed by atoms with Gasteiger partial charge < -0.3 is 15.2 Å². The second-order valence-electron chi connectivity index (χ2n) is 4.49. The summed E-state index contributed by atoms with van der Waals surface area (Å²) in [6.45, 7) is 6.24. The monoisotopic (exact) mass is 237 g/mol. The van der Waals surface area contributed by atoms with Crippen molar-refractivity contribution in [1.82, 2.24) is 5.32 Å². The van der Waals surface area contributed by atoms with Crippen LogP contribution in [0.1, 0.15) is 38.9 Å². The van der Waals surface area contributed by atoms with Crippen molar-refractivity contribution >= 4 is 0 Å². The van der Waals surface area contributed by atoms with Gasteiger partial charge in [-0.25, -0.2) is 0 Å². The van der Waals surface area contributed by atoms with Gasteiger partial charge in [0.25, 0.3) is 0 Å². The number of rotatable bonds is 6. The van der Waals surface area contributed by atoms with Gasteiger partial charge in [-0.3, -0.25) is 0 Å². The summed E-state index contributed by atoms with van der Waals surface area (Å²) in [6.07, 6.45) is 0.536. The zero-order valence-corrected chi connectivity index (χ0v) is 11.1. The second-order valence-corrected chi connectivity index (χ2v) is 4.49. The molecule has 0 saturated heterocycles. The third-order valence-electron chi connectivity index (χ3n) is 3.07. The van der Waals surface area contributed by atoms with E-state index in [1.807, 2.05) is 31.2 Å². The molecule has 0 aliphatic carbocycles. The van der Waals surface area contributed by atoms with Crippen molar-refractivity contribution in [3.63, 3.8) is 0 Å². The van der Waals surface area contributed by atoms with E-state index >= 15 is 0 Å². The maximum absolute atomic E-state index is 10.2. The number of nitrogens with one attached hydrogen (secondary N) is 1. The highest BCUT2D eigenvalue weighted by Gasteiger charge is 2.17. The molecule has 0 fully saturated rings.